The molecule has 5 heteroatoms. The van der Waals surface area contributed by atoms with Crippen LogP contribution in [0.3, 0.4) is 0 Å². The summed E-state index contributed by atoms with van der Waals surface area (Å²) in [4.78, 5) is 15.3. The second-order valence-electron chi connectivity index (χ2n) is 2.63. The SMILES string of the molecule is CCOC(=O)c1c(Cl)cc(C)nc1Cl. The first-order chi connectivity index (χ1) is 6.56. The molecule has 0 bridgehead atoms. The van der Waals surface area contributed by atoms with Gasteiger partial charge in [-0.25, -0.2) is 9.78 Å². The topological polar surface area (TPSA) is 39.2 Å². The predicted octanol–water partition coefficient (Wildman–Crippen LogP) is 2.87. The number of carbonyl (C=O) groups is 1. The number of carbonyl (C=O) groups excluding carboxylic acids is 1. The summed E-state index contributed by atoms with van der Waals surface area (Å²) < 4.78 is 4.78. The van der Waals surface area contributed by atoms with Crippen LogP contribution in [-0.4, -0.2) is 17.6 Å². The van der Waals surface area contributed by atoms with Gasteiger partial charge in [0.2, 0.25) is 0 Å². The Balaban J connectivity index is 3.14. The molecule has 0 N–H and O–H groups in total. The summed E-state index contributed by atoms with van der Waals surface area (Å²) in [6.07, 6.45) is 0. The number of hydrogen-bond acceptors (Lipinski definition) is 3. The zero-order chi connectivity index (χ0) is 10.7. The van der Waals surface area contributed by atoms with Crippen molar-refractivity contribution >= 4 is 29.2 Å². The number of halogens is 2. The first kappa shape index (κ1) is 11.3. The van der Waals surface area contributed by atoms with Gasteiger partial charge < -0.3 is 4.74 Å². The summed E-state index contributed by atoms with van der Waals surface area (Å²) in [5, 5.41) is 0.342. The molecule has 0 spiro atoms. The van der Waals surface area contributed by atoms with E-state index in [1.54, 1.807) is 19.9 Å². The molecule has 14 heavy (non-hydrogen) atoms. The Morgan fingerprint density at radius 1 is 1.57 bits per heavy atom. The van der Waals surface area contributed by atoms with Crippen molar-refractivity contribution in [2.75, 3.05) is 6.61 Å². The van der Waals surface area contributed by atoms with E-state index in [-0.39, 0.29) is 22.3 Å². The van der Waals surface area contributed by atoms with E-state index >= 15 is 0 Å². The fraction of sp³-hybridized carbons (Fsp3) is 0.333. The normalized spacial score (nSPS) is 10.0. The van der Waals surface area contributed by atoms with E-state index in [9.17, 15) is 4.79 Å². The smallest absolute Gasteiger partial charge is 0.342 e. The van der Waals surface area contributed by atoms with Crippen LogP contribution < -0.4 is 0 Å². The van der Waals surface area contributed by atoms with Crippen molar-refractivity contribution in [3.8, 4) is 0 Å². The van der Waals surface area contributed by atoms with Gasteiger partial charge in [-0.05, 0) is 19.9 Å². The summed E-state index contributed by atoms with van der Waals surface area (Å²) in [5.41, 5.74) is 0.786. The molecule has 1 aromatic heterocycles. The Morgan fingerprint density at radius 2 is 2.21 bits per heavy atom. The molecular formula is C9H9Cl2NO2. The first-order valence-corrected chi connectivity index (χ1v) is 4.81. The summed E-state index contributed by atoms with van der Waals surface area (Å²) in [7, 11) is 0. The molecule has 0 fully saturated rings. The Morgan fingerprint density at radius 3 is 2.71 bits per heavy atom. The molecule has 3 nitrogen and oxygen atoms in total. The lowest BCUT2D eigenvalue weighted by Crippen LogP contribution is -2.07. The van der Waals surface area contributed by atoms with Crippen LogP contribution in [0, 0.1) is 6.92 Å². The number of pyridine rings is 1. The summed E-state index contributed by atoms with van der Waals surface area (Å²) in [6.45, 7) is 3.73. The number of nitrogens with zero attached hydrogens (tertiary/aromatic N) is 1. The third kappa shape index (κ3) is 2.36. The maximum Gasteiger partial charge on any atom is 0.342 e. The third-order valence-corrected chi connectivity index (χ3v) is 2.11. The van der Waals surface area contributed by atoms with Crippen LogP contribution in [0.25, 0.3) is 0 Å². The molecule has 0 saturated heterocycles. The molecule has 0 aliphatic rings. The molecule has 0 aromatic carbocycles. The first-order valence-electron chi connectivity index (χ1n) is 4.06. The highest BCUT2D eigenvalue weighted by atomic mass is 35.5. The van der Waals surface area contributed by atoms with Gasteiger partial charge in [0.25, 0.3) is 0 Å². The van der Waals surface area contributed by atoms with Crippen molar-refractivity contribution in [2.24, 2.45) is 0 Å². The number of esters is 1. The van der Waals surface area contributed by atoms with Crippen LogP contribution in [0.2, 0.25) is 10.2 Å². The highest BCUT2D eigenvalue weighted by molar-refractivity contribution is 6.38. The van der Waals surface area contributed by atoms with E-state index in [4.69, 9.17) is 27.9 Å². The molecule has 0 saturated carbocycles. The van der Waals surface area contributed by atoms with Crippen LogP contribution in [0.1, 0.15) is 23.0 Å². The second kappa shape index (κ2) is 4.62. The van der Waals surface area contributed by atoms with Crippen LogP contribution >= 0.6 is 23.2 Å². The van der Waals surface area contributed by atoms with E-state index < -0.39 is 5.97 Å². The van der Waals surface area contributed by atoms with Crippen LogP contribution in [0.5, 0.6) is 0 Å². The lowest BCUT2D eigenvalue weighted by molar-refractivity contribution is 0.0526. The minimum Gasteiger partial charge on any atom is -0.462 e. The number of hydrogen-bond donors (Lipinski definition) is 0. The standard InChI is InChI=1S/C9H9Cl2NO2/c1-3-14-9(13)7-6(10)4-5(2)12-8(7)11/h4H,3H2,1-2H3. The minimum atomic E-state index is -0.546. The van der Waals surface area contributed by atoms with E-state index in [1.807, 2.05) is 0 Å². The molecule has 0 amide bonds. The van der Waals surface area contributed by atoms with Gasteiger partial charge in [0.05, 0.1) is 11.6 Å². The average Bonchev–Trinajstić information content (AvgIpc) is 2.01. The second-order valence-corrected chi connectivity index (χ2v) is 3.40. The molecule has 1 aromatic rings. The largest absolute Gasteiger partial charge is 0.462 e. The van der Waals surface area contributed by atoms with Crippen LogP contribution in [0.15, 0.2) is 6.07 Å². The summed E-state index contributed by atoms with van der Waals surface area (Å²) in [6, 6.07) is 1.57. The van der Waals surface area contributed by atoms with Gasteiger partial charge in [0, 0.05) is 5.69 Å². The monoisotopic (exact) mass is 233 g/mol. The highest BCUT2D eigenvalue weighted by Gasteiger charge is 2.17. The molecule has 0 atom stereocenters. The van der Waals surface area contributed by atoms with Crippen molar-refractivity contribution in [1.82, 2.24) is 4.98 Å². The quantitative estimate of drug-likeness (QED) is 0.583. The van der Waals surface area contributed by atoms with Gasteiger partial charge in [-0.15, -0.1) is 0 Å². The van der Waals surface area contributed by atoms with Crippen molar-refractivity contribution < 1.29 is 9.53 Å². The Hall–Kier alpha value is -0.800. The van der Waals surface area contributed by atoms with Crippen molar-refractivity contribution in [3.63, 3.8) is 0 Å². The number of aryl methyl sites for hydroxylation is 1. The lowest BCUT2D eigenvalue weighted by Gasteiger charge is -2.06. The zero-order valence-electron chi connectivity index (χ0n) is 7.80. The van der Waals surface area contributed by atoms with Gasteiger partial charge >= 0.3 is 5.97 Å². The van der Waals surface area contributed by atoms with E-state index in [1.165, 1.54) is 0 Å². The number of ether oxygens (including phenoxy) is 1. The average molecular weight is 234 g/mol. The van der Waals surface area contributed by atoms with Gasteiger partial charge in [0.1, 0.15) is 10.7 Å². The molecule has 0 radical (unpaired) electrons. The van der Waals surface area contributed by atoms with Crippen molar-refractivity contribution in [2.45, 2.75) is 13.8 Å². The lowest BCUT2D eigenvalue weighted by atomic mass is 10.2. The van der Waals surface area contributed by atoms with Gasteiger partial charge in [-0.3, -0.25) is 0 Å². The highest BCUT2D eigenvalue weighted by Crippen LogP contribution is 2.24. The van der Waals surface area contributed by atoms with Crippen molar-refractivity contribution in [3.05, 3.63) is 27.5 Å². The Bertz CT molecular complexity index is 343. The fourth-order valence-electron chi connectivity index (χ4n) is 0.982. The van der Waals surface area contributed by atoms with Gasteiger partial charge in [0.15, 0.2) is 0 Å². The molecule has 1 heterocycles. The van der Waals surface area contributed by atoms with Crippen LogP contribution in [0.4, 0.5) is 0 Å². The Labute approximate surface area is 92.0 Å². The van der Waals surface area contributed by atoms with Crippen molar-refractivity contribution in [1.29, 1.82) is 0 Å². The minimum absolute atomic E-state index is 0.0773. The molecule has 0 aliphatic heterocycles. The summed E-state index contributed by atoms with van der Waals surface area (Å²) >= 11 is 11.6. The van der Waals surface area contributed by atoms with Crippen LogP contribution in [-0.2, 0) is 4.74 Å². The molecule has 0 aliphatic carbocycles. The number of rotatable bonds is 2. The summed E-state index contributed by atoms with van der Waals surface area (Å²) in [5.74, 6) is -0.546. The maximum absolute atomic E-state index is 11.4. The van der Waals surface area contributed by atoms with E-state index in [0.717, 1.165) is 0 Å². The van der Waals surface area contributed by atoms with E-state index in [2.05, 4.69) is 4.98 Å². The molecular weight excluding hydrogens is 225 g/mol. The zero-order valence-corrected chi connectivity index (χ0v) is 9.32. The predicted molar refractivity (Wildman–Crippen MR) is 55.0 cm³/mol. The Kier molecular flexibility index (Phi) is 3.72. The number of aromatic nitrogens is 1. The molecule has 0 unspecified atom stereocenters. The van der Waals surface area contributed by atoms with E-state index in [0.29, 0.717) is 5.69 Å². The van der Waals surface area contributed by atoms with Gasteiger partial charge in [-0.2, -0.15) is 0 Å². The third-order valence-electron chi connectivity index (χ3n) is 1.53. The molecule has 76 valence electrons. The molecule has 1 rings (SSSR count). The fourth-order valence-corrected chi connectivity index (χ4v) is 1.67. The maximum atomic E-state index is 11.4. The van der Waals surface area contributed by atoms with Gasteiger partial charge in [-0.1, -0.05) is 23.2 Å².